The average Bonchev–Trinajstić information content (AvgIpc) is 3.37. The van der Waals surface area contributed by atoms with Gasteiger partial charge in [-0.15, -0.1) is 0 Å². The van der Waals surface area contributed by atoms with E-state index in [0.29, 0.717) is 29.1 Å². The number of amides is 4. The number of hydrogen-bond donors (Lipinski definition) is 5. The molecule has 162 valence electrons. The molecular formula is C19H23N9O3. The van der Waals surface area contributed by atoms with Crippen molar-refractivity contribution in [1.82, 2.24) is 30.2 Å². The Bertz CT molecular complexity index is 1100. The maximum Gasteiger partial charge on any atom is 0.326 e. The van der Waals surface area contributed by atoms with Gasteiger partial charge >= 0.3 is 6.03 Å². The Hall–Kier alpha value is -3.70. The van der Waals surface area contributed by atoms with Crippen LogP contribution in [0, 0.1) is 5.92 Å². The fourth-order valence-electron chi connectivity index (χ4n) is 3.91. The SMILES string of the molecule is NC(=O)C1CCC(Nc2nc(NC3CC3)n3ncc(/C=C4\NC(=O)NC4=O)c3n2)CC1. The molecule has 2 saturated carbocycles. The van der Waals surface area contributed by atoms with Gasteiger partial charge in [-0.05, 0) is 44.6 Å². The lowest BCUT2D eigenvalue weighted by Crippen LogP contribution is -2.33. The number of anilines is 2. The van der Waals surface area contributed by atoms with E-state index in [1.807, 2.05) is 0 Å². The minimum absolute atomic E-state index is 0.0747. The van der Waals surface area contributed by atoms with Gasteiger partial charge in [0, 0.05) is 23.6 Å². The third-order valence-electron chi connectivity index (χ3n) is 5.79. The monoisotopic (exact) mass is 425 g/mol. The van der Waals surface area contributed by atoms with Crippen LogP contribution in [0.15, 0.2) is 11.9 Å². The predicted molar refractivity (Wildman–Crippen MR) is 111 cm³/mol. The van der Waals surface area contributed by atoms with Gasteiger partial charge in [-0.1, -0.05) is 0 Å². The number of primary amides is 1. The third kappa shape index (κ3) is 4.00. The van der Waals surface area contributed by atoms with Crippen molar-refractivity contribution in [2.45, 2.75) is 50.6 Å². The molecule has 1 saturated heterocycles. The topological polar surface area (TPSA) is 168 Å². The Kier molecular flexibility index (Phi) is 4.68. The van der Waals surface area contributed by atoms with Crippen molar-refractivity contribution in [2.75, 3.05) is 10.6 Å². The van der Waals surface area contributed by atoms with Crippen LogP contribution in [0.2, 0.25) is 0 Å². The summed E-state index contributed by atoms with van der Waals surface area (Å²) in [6.07, 6.45) is 8.33. The molecule has 1 aliphatic heterocycles. The summed E-state index contributed by atoms with van der Waals surface area (Å²) in [4.78, 5) is 43.9. The maximum atomic E-state index is 11.9. The van der Waals surface area contributed by atoms with Crippen molar-refractivity contribution in [3.8, 4) is 0 Å². The molecule has 0 radical (unpaired) electrons. The molecule has 0 atom stereocenters. The molecule has 0 aromatic carbocycles. The fraction of sp³-hybridized carbons (Fsp3) is 0.474. The molecule has 2 aromatic rings. The van der Waals surface area contributed by atoms with Crippen molar-refractivity contribution in [2.24, 2.45) is 11.7 Å². The highest BCUT2D eigenvalue weighted by molar-refractivity contribution is 6.14. The molecule has 12 heteroatoms. The lowest BCUT2D eigenvalue weighted by Gasteiger charge is -2.27. The van der Waals surface area contributed by atoms with Gasteiger partial charge in [-0.2, -0.15) is 19.6 Å². The van der Waals surface area contributed by atoms with E-state index < -0.39 is 11.9 Å². The number of carbonyl (C=O) groups is 3. The number of hydrogen-bond acceptors (Lipinski definition) is 8. The molecule has 0 spiro atoms. The first-order valence-electron chi connectivity index (χ1n) is 10.4. The zero-order valence-electron chi connectivity index (χ0n) is 16.7. The number of nitrogens with zero attached hydrogens (tertiary/aromatic N) is 4. The molecule has 3 heterocycles. The smallest absolute Gasteiger partial charge is 0.326 e. The van der Waals surface area contributed by atoms with Crippen LogP contribution in [0.25, 0.3) is 11.7 Å². The first-order chi connectivity index (χ1) is 15.0. The van der Waals surface area contributed by atoms with E-state index >= 15 is 0 Å². The van der Waals surface area contributed by atoms with Crippen LogP contribution in [-0.4, -0.2) is 49.5 Å². The summed E-state index contributed by atoms with van der Waals surface area (Å²) in [6, 6.07) is -0.0772. The average molecular weight is 425 g/mol. The number of aromatic nitrogens is 4. The second kappa shape index (κ2) is 7.52. The van der Waals surface area contributed by atoms with E-state index in [4.69, 9.17) is 5.73 Å². The number of imide groups is 1. The number of nitrogens with one attached hydrogen (secondary N) is 4. The standard InChI is InChI=1S/C19H23N9O3/c20-14(29)9-1-3-11(4-2-9)22-17-25-15-10(7-13-16(30)26-19(31)24-13)8-21-28(15)18(27-17)23-12-5-6-12/h7-9,11-12H,1-6H2,(H2,20,29)(H2,22,23,25,27)(H2,24,26,30,31)/b13-7-. The van der Waals surface area contributed by atoms with Crippen LogP contribution < -0.4 is 27.0 Å². The quantitative estimate of drug-likeness (QED) is 0.326. The minimum Gasteiger partial charge on any atom is -0.369 e. The zero-order chi connectivity index (χ0) is 21.5. The summed E-state index contributed by atoms with van der Waals surface area (Å²) >= 11 is 0. The molecule has 6 N–H and O–H groups in total. The summed E-state index contributed by atoms with van der Waals surface area (Å²) < 4.78 is 1.59. The molecule has 3 aliphatic rings. The molecule has 0 bridgehead atoms. The number of rotatable bonds is 6. The third-order valence-corrected chi connectivity index (χ3v) is 5.79. The first-order valence-corrected chi connectivity index (χ1v) is 10.4. The van der Waals surface area contributed by atoms with Crippen LogP contribution >= 0.6 is 0 Å². The molecule has 2 aliphatic carbocycles. The maximum absolute atomic E-state index is 11.9. The van der Waals surface area contributed by atoms with Gasteiger partial charge in [0.1, 0.15) is 5.70 Å². The van der Waals surface area contributed by atoms with Crippen molar-refractivity contribution in [3.63, 3.8) is 0 Å². The summed E-state index contributed by atoms with van der Waals surface area (Å²) in [5, 5.41) is 15.7. The van der Waals surface area contributed by atoms with E-state index in [-0.39, 0.29) is 23.6 Å². The van der Waals surface area contributed by atoms with Gasteiger partial charge in [0.2, 0.25) is 17.8 Å². The summed E-state index contributed by atoms with van der Waals surface area (Å²) in [6.45, 7) is 0. The van der Waals surface area contributed by atoms with E-state index in [1.165, 1.54) is 6.08 Å². The largest absolute Gasteiger partial charge is 0.369 e. The lowest BCUT2D eigenvalue weighted by atomic mass is 9.86. The van der Waals surface area contributed by atoms with Crippen LogP contribution in [-0.2, 0) is 9.59 Å². The summed E-state index contributed by atoms with van der Waals surface area (Å²) in [5.74, 6) is 0.185. The van der Waals surface area contributed by atoms with Crippen molar-refractivity contribution < 1.29 is 14.4 Å². The molecular weight excluding hydrogens is 402 g/mol. The second-order valence-electron chi connectivity index (χ2n) is 8.19. The van der Waals surface area contributed by atoms with Crippen LogP contribution in [0.3, 0.4) is 0 Å². The van der Waals surface area contributed by atoms with Gasteiger partial charge in [0.15, 0.2) is 5.65 Å². The molecule has 31 heavy (non-hydrogen) atoms. The van der Waals surface area contributed by atoms with Gasteiger partial charge in [0.05, 0.1) is 6.20 Å². The molecule has 12 nitrogen and oxygen atoms in total. The molecule has 0 unspecified atom stereocenters. The summed E-state index contributed by atoms with van der Waals surface area (Å²) in [7, 11) is 0. The van der Waals surface area contributed by atoms with Gasteiger partial charge in [-0.25, -0.2) is 4.79 Å². The van der Waals surface area contributed by atoms with Gasteiger partial charge in [-0.3, -0.25) is 14.9 Å². The van der Waals surface area contributed by atoms with Crippen LogP contribution in [0.4, 0.5) is 16.7 Å². The Morgan fingerprint density at radius 1 is 1.06 bits per heavy atom. The molecule has 4 amide bonds. The van der Waals surface area contributed by atoms with Crippen molar-refractivity contribution in [3.05, 3.63) is 17.5 Å². The molecule has 3 fully saturated rings. The Balaban J connectivity index is 1.44. The zero-order valence-corrected chi connectivity index (χ0v) is 16.7. The Labute approximate surface area is 177 Å². The number of carbonyl (C=O) groups excluding carboxylic acids is 3. The minimum atomic E-state index is -0.563. The highest BCUT2D eigenvalue weighted by Crippen LogP contribution is 2.28. The fourth-order valence-corrected chi connectivity index (χ4v) is 3.91. The highest BCUT2D eigenvalue weighted by atomic mass is 16.2. The van der Waals surface area contributed by atoms with Gasteiger partial charge in [0.25, 0.3) is 5.91 Å². The number of fused-ring (bicyclic) bond motifs is 1. The van der Waals surface area contributed by atoms with Crippen molar-refractivity contribution in [1.29, 1.82) is 0 Å². The summed E-state index contributed by atoms with van der Waals surface area (Å²) in [5.41, 5.74) is 6.65. The van der Waals surface area contributed by atoms with Crippen LogP contribution in [0.5, 0.6) is 0 Å². The van der Waals surface area contributed by atoms with Crippen molar-refractivity contribution >= 4 is 41.5 Å². The van der Waals surface area contributed by atoms with E-state index in [1.54, 1.807) is 10.7 Å². The predicted octanol–water partition coefficient (Wildman–Crippen LogP) is 0.335. The molecule has 5 rings (SSSR count). The lowest BCUT2D eigenvalue weighted by molar-refractivity contribution is -0.122. The Morgan fingerprint density at radius 2 is 1.77 bits per heavy atom. The first kappa shape index (κ1) is 19.3. The number of nitrogens with two attached hydrogens (primary N) is 1. The van der Waals surface area contributed by atoms with Crippen LogP contribution in [0.1, 0.15) is 44.1 Å². The van der Waals surface area contributed by atoms with Gasteiger partial charge < -0.3 is 21.7 Å². The number of urea groups is 1. The normalized spacial score (nSPS) is 24.8. The highest BCUT2D eigenvalue weighted by Gasteiger charge is 2.28. The van der Waals surface area contributed by atoms with E-state index in [2.05, 4.69) is 36.3 Å². The Morgan fingerprint density at radius 3 is 2.42 bits per heavy atom. The second-order valence-corrected chi connectivity index (χ2v) is 8.19. The molecule has 2 aromatic heterocycles. The van der Waals surface area contributed by atoms with E-state index in [9.17, 15) is 14.4 Å². The van der Waals surface area contributed by atoms with E-state index in [0.717, 1.165) is 38.5 Å².